The zero-order valence-electron chi connectivity index (χ0n) is 23.4. The van der Waals surface area contributed by atoms with Crippen molar-refractivity contribution in [2.45, 2.75) is 57.7 Å². The number of anilines is 1. The van der Waals surface area contributed by atoms with Gasteiger partial charge in [-0.3, -0.25) is 4.90 Å². The SMILES string of the molecule is CC1CCCN1C(C)CN(C)c1ccc(C2Oc3cc(Cl)c(O)cc3C(C3CC3)=C2c2cccc(C#N)c2)cc1. The number of hydrogen-bond acceptors (Lipinski definition) is 5. The third-order valence-electron chi connectivity index (χ3n) is 8.77. The Morgan fingerprint density at radius 2 is 1.88 bits per heavy atom. The molecule has 3 aromatic carbocycles. The van der Waals surface area contributed by atoms with E-state index < -0.39 is 0 Å². The lowest BCUT2D eigenvalue weighted by Gasteiger charge is -2.34. The van der Waals surface area contributed by atoms with E-state index in [9.17, 15) is 10.4 Å². The van der Waals surface area contributed by atoms with E-state index in [1.807, 2.05) is 18.2 Å². The average Bonchev–Trinajstić information content (AvgIpc) is 3.71. The van der Waals surface area contributed by atoms with Crippen LogP contribution in [0.4, 0.5) is 5.69 Å². The summed E-state index contributed by atoms with van der Waals surface area (Å²) in [6, 6.07) is 23.3. The highest BCUT2D eigenvalue weighted by atomic mass is 35.5. The molecule has 1 aliphatic carbocycles. The number of fused-ring (bicyclic) bond motifs is 1. The van der Waals surface area contributed by atoms with Gasteiger partial charge in [0, 0.05) is 48.6 Å². The van der Waals surface area contributed by atoms with E-state index >= 15 is 0 Å². The number of hydrogen-bond donors (Lipinski definition) is 1. The molecular weight excluding hydrogens is 518 g/mol. The summed E-state index contributed by atoms with van der Waals surface area (Å²) in [7, 11) is 2.16. The summed E-state index contributed by atoms with van der Waals surface area (Å²) < 4.78 is 6.69. The van der Waals surface area contributed by atoms with Gasteiger partial charge >= 0.3 is 0 Å². The van der Waals surface area contributed by atoms with Crippen LogP contribution in [0.3, 0.4) is 0 Å². The zero-order valence-corrected chi connectivity index (χ0v) is 24.2. The molecule has 6 rings (SSSR count). The molecule has 0 amide bonds. The van der Waals surface area contributed by atoms with Crippen molar-refractivity contribution >= 4 is 28.4 Å². The van der Waals surface area contributed by atoms with E-state index in [0.717, 1.165) is 41.6 Å². The molecule has 6 heteroatoms. The average molecular weight is 554 g/mol. The van der Waals surface area contributed by atoms with E-state index in [4.69, 9.17) is 16.3 Å². The highest BCUT2D eigenvalue weighted by Gasteiger charge is 2.39. The van der Waals surface area contributed by atoms with Crippen LogP contribution in [0.5, 0.6) is 11.5 Å². The molecule has 1 saturated heterocycles. The van der Waals surface area contributed by atoms with E-state index in [-0.39, 0.29) is 16.9 Å². The molecule has 3 atom stereocenters. The van der Waals surface area contributed by atoms with Crippen LogP contribution in [0, 0.1) is 17.2 Å². The van der Waals surface area contributed by atoms with Crippen LogP contribution in [0.1, 0.15) is 67.9 Å². The lowest BCUT2D eigenvalue weighted by atomic mass is 9.83. The highest BCUT2D eigenvalue weighted by molar-refractivity contribution is 6.32. The van der Waals surface area contributed by atoms with Gasteiger partial charge in [-0.1, -0.05) is 35.9 Å². The van der Waals surface area contributed by atoms with Crippen LogP contribution in [0.15, 0.2) is 60.7 Å². The third kappa shape index (κ3) is 5.07. The van der Waals surface area contributed by atoms with Gasteiger partial charge in [-0.05, 0) is 99.0 Å². The predicted molar refractivity (Wildman–Crippen MR) is 162 cm³/mol. The van der Waals surface area contributed by atoms with Crippen molar-refractivity contribution in [3.63, 3.8) is 0 Å². The summed E-state index contributed by atoms with van der Waals surface area (Å²) in [6.45, 7) is 6.82. The minimum atomic E-state index is -0.360. The molecule has 0 radical (unpaired) electrons. The lowest BCUT2D eigenvalue weighted by molar-refractivity contribution is 0.206. The van der Waals surface area contributed by atoms with Gasteiger partial charge in [0.25, 0.3) is 0 Å². The number of ether oxygens (including phenoxy) is 1. The number of halogens is 1. The van der Waals surface area contributed by atoms with Gasteiger partial charge in [0.1, 0.15) is 17.6 Å². The van der Waals surface area contributed by atoms with E-state index in [0.29, 0.717) is 29.3 Å². The number of likely N-dealkylation sites (tertiary alicyclic amines) is 1. The molecule has 206 valence electrons. The second-order valence-corrected chi connectivity index (χ2v) is 12.0. The largest absolute Gasteiger partial charge is 0.506 e. The molecule has 2 aliphatic heterocycles. The molecule has 40 heavy (non-hydrogen) atoms. The van der Waals surface area contributed by atoms with Crippen molar-refractivity contribution in [2.24, 2.45) is 5.92 Å². The van der Waals surface area contributed by atoms with Crippen LogP contribution >= 0.6 is 11.6 Å². The number of aromatic hydroxyl groups is 1. The number of nitrogens with zero attached hydrogens (tertiary/aromatic N) is 3. The number of allylic oxidation sites excluding steroid dienone is 1. The number of benzene rings is 3. The molecule has 2 heterocycles. The minimum absolute atomic E-state index is 0.0516. The van der Waals surface area contributed by atoms with Gasteiger partial charge in [0.05, 0.1) is 16.7 Å². The number of phenols is 1. The molecule has 1 N–H and O–H groups in total. The maximum atomic E-state index is 10.5. The van der Waals surface area contributed by atoms with Crippen LogP contribution in [-0.4, -0.2) is 42.2 Å². The third-order valence-corrected chi connectivity index (χ3v) is 9.07. The predicted octanol–water partition coefficient (Wildman–Crippen LogP) is 7.68. The number of rotatable bonds is 7. The summed E-state index contributed by atoms with van der Waals surface area (Å²) in [5.74, 6) is 1.12. The van der Waals surface area contributed by atoms with Crippen molar-refractivity contribution in [1.29, 1.82) is 5.26 Å². The second kappa shape index (κ2) is 10.8. The molecule has 0 spiro atoms. The Morgan fingerprint density at radius 3 is 2.55 bits per heavy atom. The summed E-state index contributed by atoms with van der Waals surface area (Å²) in [6.07, 6.45) is 4.39. The van der Waals surface area contributed by atoms with E-state index in [1.54, 1.807) is 12.1 Å². The Hall–Kier alpha value is -3.46. The molecule has 0 bridgehead atoms. The fourth-order valence-corrected chi connectivity index (χ4v) is 6.71. The van der Waals surface area contributed by atoms with Gasteiger partial charge in [-0.25, -0.2) is 0 Å². The molecular formula is C34H36ClN3O2. The maximum Gasteiger partial charge on any atom is 0.150 e. The quantitative estimate of drug-likeness (QED) is 0.325. The zero-order chi connectivity index (χ0) is 28.0. The summed E-state index contributed by atoms with van der Waals surface area (Å²) in [5, 5.41) is 20.4. The Kier molecular flexibility index (Phi) is 7.25. The molecule has 5 nitrogen and oxygen atoms in total. The highest BCUT2D eigenvalue weighted by Crippen LogP contribution is 2.56. The fraction of sp³-hybridized carbons (Fsp3) is 0.382. The minimum Gasteiger partial charge on any atom is -0.506 e. The van der Waals surface area contributed by atoms with E-state index in [1.165, 1.54) is 30.6 Å². The smallest absolute Gasteiger partial charge is 0.150 e. The Balaban J connectivity index is 1.37. The van der Waals surface area contributed by atoms with E-state index in [2.05, 4.69) is 67.1 Å². The first-order valence-corrected chi connectivity index (χ1v) is 14.7. The van der Waals surface area contributed by atoms with Crippen LogP contribution in [0.25, 0.3) is 11.1 Å². The Bertz CT molecular complexity index is 1490. The second-order valence-electron chi connectivity index (χ2n) is 11.6. The fourth-order valence-electron chi connectivity index (χ4n) is 6.55. The van der Waals surface area contributed by atoms with Crippen molar-refractivity contribution in [2.75, 3.05) is 25.0 Å². The van der Waals surface area contributed by atoms with Crippen molar-refractivity contribution in [1.82, 2.24) is 4.90 Å². The molecule has 3 unspecified atom stereocenters. The first kappa shape index (κ1) is 26.7. The number of likely N-dealkylation sites (N-methyl/N-ethyl adjacent to an activating group) is 1. The van der Waals surface area contributed by atoms with Crippen LogP contribution in [0.2, 0.25) is 5.02 Å². The van der Waals surface area contributed by atoms with Gasteiger partial charge in [0.15, 0.2) is 0 Å². The molecule has 2 fully saturated rings. The van der Waals surface area contributed by atoms with Crippen LogP contribution < -0.4 is 9.64 Å². The maximum absolute atomic E-state index is 10.5. The molecule has 3 aliphatic rings. The molecule has 3 aromatic rings. The van der Waals surface area contributed by atoms with Crippen LogP contribution in [-0.2, 0) is 0 Å². The standard InChI is InChI=1S/C34H36ClN3O2/c1-21-6-5-15-38(21)22(2)20-37(3)27-13-11-25(12-14-27)34-33(26-8-4-7-23(16-26)19-36)32(24-9-10-24)28-17-30(39)29(35)18-31(28)40-34/h4,7-8,11-14,16-18,21-22,24,34,39H,5-6,9-10,15,20H2,1-3H3. The first-order valence-electron chi connectivity index (χ1n) is 14.3. The summed E-state index contributed by atoms with van der Waals surface area (Å²) in [5.41, 5.74) is 6.94. The number of nitriles is 1. The molecule has 1 saturated carbocycles. The monoisotopic (exact) mass is 553 g/mol. The van der Waals surface area contributed by atoms with Crippen molar-refractivity contribution in [3.8, 4) is 17.6 Å². The lowest BCUT2D eigenvalue weighted by Crippen LogP contribution is -2.42. The van der Waals surface area contributed by atoms with Gasteiger partial charge < -0.3 is 14.7 Å². The summed E-state index contributed by atoms with van der Waals surface area (Å²) >= 11 is 6.34. The van der Waals surface area contributed by atoms with Crippen molar-refractivity contribution < 1.29 is 9.84 Å². The first-order chi connectivity index (χ1) is 19.3. The van der Waals surface area contributed by atoms with Gasteiger partial charge in [-0.2, -0.15) is 5.26 Å². The topological polar surface area (TPSA) is 59.7 Å². The van der Waals surface area contributed by atoms with Gasteiger partial charge in [-0.15, -0.1) is 0 Å². The number of phenolic OH excluding ortho intramolecular Hbond substituents is 1. The Labute approximate surface area is 242 Å². The summed E-state index contributed by atoms with van der Waals surface area (Å²) in [4.78, 5) is 4.95. The normalized spacial score (nSPS) is 21.5. The Morgan fingerprint density at radius 1 is 1.10 bits per heavy atom. The van der Waals surface area contributed by atoms with Crippen molar-refractivity contribution in [3.05, 3.63) is 87.9 Å². The van der Waals surface area contributed by atoms with Gasteiger partial charge in [0.2, 0.25) is 0 Å². The molecule has 0 aromatic heterocycles.